The van der Waals surface area contributed by atoms with E-state index in [4.69, 9.17) is 5.73 Å². The first kappa shape index (κ1) is 12.0. The molecule has 1 unspecified atom stereocenters. The maximum Gasteiger partial charge on any atom is 0.0410 e. The van der Waals surface area contributed by atoms with E-state index in [0.29, 0.717) is 6.04 Å². The second-order valence-electron chi connectivity index (χ2n) is 4.57. The topological polar surface area (TPSA) is 42.2 Å². The molecule has 88 valence electrons. The Bertz CT molecular complexity index is 352. The number of hydrogen-bond acceptors (Lipinski definition) is 3. The van der Waals surface area contributed by atoms with Crippen LogP contribution in [0.5, 0.6) is 0 Å². The molecule has 4 heteroatoms. The average molecular weight is 284 g/mol. The van der Waals surface area contributed by atoms with E-state index in [1.54, 1.807) is 0 Å². The number of aromatic nitrogens is 1. The van der Waals surface area contributed by atoms with Crippen LogP contribution in [-0.4, -0.2) is 29.5 Å². The van der Waals surface area contributed by atoms with Crippen molar-refractivity contribution in [1.82, 2.24) is 9.88 Å². The van der Waals surface area contributed by atoms with Gasteiger partial charge < -0.3 is 5.73 Å². The van der Waals surface area contributed by atoms with E-state index in [1.807, 2.05) is 12.4 Å². The third-order valence-corrected chi connectivity index (χ3v) is 3.60. The molecule has 0 radical (unpaired) electrons. The molecular formula is C12H18BrN3. The van der Waals surface area contributed by atoms with Gasteiger partial charge in [0.2, 0.25) is 0 Å². The van der Waals surface area contributed by atoms with Crippen LogP contribution in [0.1, 0.15) is 18.4 Å². The van der Waals surface area contributed by atoms with Crippen LogP contribution in [0.3, 0.4) is 0 Å². The maximum atomic E-state index is 5.83. The molecule has 1 atom stereocenters. The van der Waals surface area contributed by atoms with E-state index in [-0.39, 0.29) is 0 Å². The fourth-order valence-electron chi connectivity index (χ4n) is 2.16. The van der Waals surface area contributed by atoms with Crippen molar-refractivity contribution in [2.45, 2.75) is 25.4 Å². The van der Waals surface area contributed by atoms with Gasteiger partial charge in [0.25, 0.3) is 0 Å². The molecule has 1 aliphatic carbocycles. The number of nitrogens with two attached hydrogens (primary N) is 1. The van der Waals surface area contributed by atoms with Gasteiger partial charge in [-0.25, -0.2) is 0 Å². The van der Waals surface area contributed by atoms with Crippen LogP contribution in [0.25, 0.3) is 0 Å². The van der Waals surface area contributed by atoms with Gasteiger partial charge in [-0.3, -0.25) is 9.88 Å². The first-order valence-electron chi connectivity index (χ1n) is 5.70. The van der Waals surface area contributed by atoms with Crippen LogP contribution in [-0.2, 0) is 6.54 Å². The van der Waals surface area contributed by atoms with Crippen molar-refractivity contribution in [2.75, 3.05) is 13.6 Å². The standard InChI is InChI=1S/C12H18BrN3/c1-16(12(5-14)10-2-3-10)8-9-4-11(13)7-15-6-9/h4,6-7,10,12H,2-3,5,8,14H2,1H3. The average Bonchev–Trinajstić information content (AvgIpc) is 3.03. The van der Waals surface area contributed by atoms with Crippen LogP contribution in [0.15, 0.2) is 22.9 Å². The molecule has 0 aromatic carbocycles. The summed E-state index contributed by atoms with van der Waals surface area (Å²) in [5.41, 5.74) is 7.06. The lowest BCUT2D eigenvalue weighted by atomic mass is 10.1. The number of rotatable bonds is 5. The van der Waals surface area contributed by atoms with Gasteiger partial charge in [-0.05, 0) is 53.4 Å². The number of likely N-dealkylation sites (N-methyl/N-ethyl adjacent to an activating group) is 1. The van der Waals surface area contributed by atoms with Crippen molar-refractivity contribution in [3.8, 4) is 0 Å². The maximum absolute atomic E-state index is 5.83. The van der Waals surface area contributed by atoms with E-state index in [1.165, 1.54) is 18.4 Å². The predicted molar refractivity (Wildman–Crippen MR) is 69.0 cm³/mol. The Balaban J connectivity index is 1.97. The molecule has 2 N–H and O–H groups in total. The fraction of sp³-hybridized carbons (Fsp3) is 0.583. The van der Waals surface area contributed by atoms with Gasteiger partial charge in [0, 0.05) is 36.0 Å². The van der Waals surface area contributed by atoms with Crippen LogP contribution < -0.4 is 5.73 Å². The molecule has 1 aromatic rings. The first-order chi connectivity index (χ1) is 7.70. The van der Waals surface area contributed by atoms with E-state index in [0.717, 1.165) is 23.5 Å². The Morgan fingerprint density at radius 3 is 2.88 bits per heavy atom. The molecule has 1 fully saturated rings. The smallest absolute Gasteiger partial charge is 0.0410 e. The molecule has 0 spiro atoms. The van der Waals surface area contributed by atoms with Crippen molar-refractivity contribution in [2.24, 2.45) is 11.7 Å². The van der Waals surface area contributed by atoms with Gasteiger partial charge in [0.05, 0.1) is 0 Å². The highest BCUT2D eigenvalue weighted by atomic mass is 79.9. The number of pyridine rings is 1. The van der Waals surface area contributed by atoms with E-state index < -0.39 is 0 Å². The number of nitrogens with zero attached hydrogens (tertiary/aromatic N) is 2. The highest BCUT2D eigenvalue weighted by Gasteiger charge is 2.32. The zero-order valence-electron chi connectivity index (χ0n) is 9.56. The second-order valence-corrected chi connectivity index (χ2v) is 5.48. The molecule has 16 heavy (non-hydrogen) atoms. The highest BCUT2D eigenvalue weighted by Crippen LogP contribution is 2.34. The van der Waals surface area contributed by atoms with E-state index >= 15 is 0 Å². The third-order valence-electron chi connectivity index (χ3n) is 3.17. The lowest BCUT2D eigenvalue weighted by molar-refractivity contribution is 0.215. The Morgan fingerprint density at radius 1 is 1.56 bits per heavy atom. The molecule has 2 rings (SSSR count). The van der Waals surface area contributed by atoms with Crippen molar-refractivity contribution in [3.63, 3.8) is 0 Å². The first-order valence-corrected chi connectivity index (χ1v) is 6.49. The molecule has 3 nitrogen and oxygen atoms in total. The van der Waals surface area contributed by atoms with Crippen molar-refractivity contribution in [1.29, 1.82) is 0 Å². The zero-order chi connectivity index (χ0) is 11.5. The molecule has 1 aliphatic rings. The minimum atomic E-state index is 0.527. The van der Waals surface area contributed by atoms with Crippen molar-refractivity contribution in [3.05, 3.63) is 28.5 Å². The van der Waals surface area contributed by atoms with Gasteiger partial charge in [0.15, 0.2) is 0 Å². The van der Waals surface area contributed by atoms with E-state index in [2.05, 4.69) is 38.9 Å². The number of hydrogen-bond donors (Lipinski definition) is 1. The number of halogens is 1. The summed E-state index contributed by atoms with van der Waals surface area (Å²) in [5, 5.41) is 0. The zero-order valence-corrected chi connectivity index (χ0v) is 11.2. The van der Waals surface area contributed by atoms with Gasteiger partial charge in [-0.15, -0.1) is 0 Å². The molecule has 0 saturated heterocycles. The normalized spacial score (nSPS) is 17.8. The van der Waals surface area contributed by atoms with Gasteiger partial charge in [0.1, 0.15) is 0 Å². The SMILES string of the molecule is CN(Cc1cncc(Br)c1)C(CN)C1CC1. The Morgan fingerprint density at radius 2 is 2.31 bits per heavy atom. The lowest BCUT2D eigenvalue weighted by Crippen LogP contribution is -2.39. The predicted octanol–water partition coefficient (Wildman–Crippen LogP) is 2.01. The van der Waals surface area contributed by atoms with Crippen molar-refractivity contribution < 1.29 is 0 Å². The summed E-state index contributed by atoms with van der Waals surface area (Å²) in [7, 11) is 2.15. The molecule has 1 saturated carbocycles. The second kappa shape index (κ2) is 5.25. The Labute approximate surface area is 105 Å². The highest BCUT2D eigenvalue weighted by molar-refractivity contribution is 9.10. The Hall–Kier alpha value is -0.450. The molecule has 0 bridgehead atoms. The molecule has 1 aromatic heterocycles. The summed E-state index contributed by atoms with van der Waals surface area (Å²) in [6.45, 7) is 1.67. The summed E-state index contributed by atoms with van der Waals surface area (Å²) < 4.78 is 1.04. The summed E-state index contributed by atoms with van der Waals surface area (Å²) >= 11 is 3.44. The van der Waals surface area contributed by atoms with E-state index in [9.17, 15) is 0 Å². The monoisotopic (exact) mass is 283 g/mol. The molecule has 1 heterocycles. The minimum Gasteiger partial charge on any atom is -0.329 e. The van der Waals surface area contributed by atoms with Crippen LogP contribution in [0.4, 0.5) is 0 Å². The summed E-state index contributed by atoms with van der Waals surface area (Å²) in [4.78, 5) is 6.53. The van der Waals surface area contributed by atoms with Crippen molar-refractivity contribution >= 4 is 15.9 Å². The Kier molecular flexibility index (Phi) is 3.95. The van der Waals surface area contributed by atoms with Gasteiger partial charge >= 0.3 is 0 Å². The summed E-state index contributed by atoms with van der Waals surface area (Å²) in [6.07, 6.45) is 6.40. The lowest BCUT2D eigenvalue weighted by Gasteiger charge is -2.26. The largest absolute Gasteiger partial charge is 0.329 e. The molecular weight excluding hydrogens is 266 g/mol. The fourth-order valence-corrected chi connectivity index (χ4v) is 2.57. The summed E-state index contributed by atoms with van der Waals surface area (Å²) in [5.74, 6) is 0.815. The molecule has 0 amide bonds. The summed E-state index contributed by atoms with van der Waals surface area (Å²) in [6, 6.07) is 2.64. The minimum absolute atomic E-state index is 0.527. The van der Waals surface area contributed by atoms with Gasteiger partial charge in [-0.2, -0.15) is 0 Å². The van der Waals surface area contributed by atoms with Crippen LogP contribution >= 0.6 is 15.9 Å². The quantitative estimate of drug-likeness (QED) is 0.899. The van der Waals surface area contributed by atoms with Gasteiger partial charge in [-0.1, -0.05) is 0 Å². The molecule has 0 aliphatic heterocycles. The third kappa shape index (κ3) is 3.03. The van der Waals surface area contributed by atoms with Crippen LogP contribution in [0.2, 0.25) is 0 Å². The van der Waals surface area contributed by atoms with Crippen LogP contribution in [0, 0.1) is 5.92 Å².